The van der Waals surface area contributed by atoms with E-state index in [1.807, 2.05) is 0 Å². The van der Waals surface area contributed by atoms with E-state index < -0.39 is 0 Å². The van der Waals surface area contributed by atoms with Crippen molar-refractivity contribution in [3.05, 3.63) is 0 Å². The van der Waals surface area contributed by atoms with Gasteiger partial charge in [0.05, 0.1) is 0 Å². The van der Waals surface area contributed by atoms with Crippen LogP contribution in [-0.4, -0.2) is 10.9 Å². The molecule has 2 unspecified atom stereocenters. The molecule has 1 aliphatic carbocycles. The van der Waals surface area contributed by atoms with Crippen LogP contribution in [-0.2, 0) is 0 Å². The molecule has 12 heavy (non-hydrogen) atoms. The molecule has 0 aromatic heterocycles. The van der Waals surface area contributed by atoms with Crippen LogP contribution in [0, 0.1) is 0 Å². The van der Waals surface area contributed by atoms with Crippen molar-refractivity contribution in [2.75, 3.05) is 0 Å². The SMILES string of the molecule is NC1CCCCCC(Br)CCC1. The lowest BCUT2D eigenvalue weighted by molar-refractivity contribution is 0.467. The molecule has 0 heterocycles. The van der Waals surface area contributed by atoms with Crippen molar-refractivity contribution < 1.29 is 0 Å². The number of hydrogen-bond acceptors (Lipinski definition) is 1. The Labute approximate surface area is 84.2 Å². The van der Waals surface area contributed by atoms with Gasteiger partial charge in [-0.05, 0) is 25.7 Å². The van der Waals surface area contributed by atoms with Crippen LogP contribution in [0.15, 0.2) is 0 Å². The first-order valence-corrected chi connectivity index (χ1v) is 6.10. The summed E-state index contributed by atoms with van der Waals surface area (Å²) in [6.45, 7) is 0. The zero-order valence-electron chi connectivity index (χ0n) is 7.77. The zero-order valence-corrected chi connectivity index (χ0v) is 9.35. The number of alkyl halides is 1. The Balaban J connectivity index is 2.21. The molecule has 72 valence electrons. The van der Waals surface area contributed by atoms with Gasteiger partial charge in [0.15, 0.2) is 0 Å². The minimum atomic E-state index is 0.475. The van der Waals surface area contributed by atoms with Gasteiger partial charge < -0.3 is 5.73 Å². The van der Waals surface area contributed by atoms with Gasteiger partial charge in [-0.1, -0.05) is 41.6 Å². The van der Waals surface area contributed by atoms with Gasteiger partial charge in [0.1, 0.15) is 0 Å². The first-order valence-electron chi connectivity index (χ1n) is 5.18. The topological polar surface area (TPSA) is 26.0 Å². The first-order chi connectivity index (χ1) is 5.79. The highest BCUT2D eigenvalue weighted by atomic mass is 79.9. The van der Waals surface area contributed by atoms with E-state index in [0.717, 1.165) is 4.83 Å². The van der Waals surface area contributed by atoms with Crippen molar-refractivity contribution in [2.24, 2.45) is 5.73 Å². The molecule has 1 saturated carbocycles. The maximum Gasteiger partial charge on any atom is 0.0145 e. The maximum absolute atomic E-state index is 5.95. The molecule has 1 fully saturated rings. The summed E-state index contributed by atoms with van der Waals surface area (Å²) in [5.74, 6) is 0. The molecule has 1 nitrogen and oxygen atoms in total. The normalized spacial score (nSPS) is 34.5. The number of halogens is 1. The van der Waals surface area contributed by atoms with Crippen molar-refractivity contribution in [2.45, 2.75) is 62.2 Å². The average molecular weight is 234 g/mol. The summed E-state index contributed by atoms with van der Waals surface area (Å²) in [7, 11) is 0. The molecule has 2 heteroatoms. The van der Waals surface area contributed by atoms with Gasteiger partial charge in [0, 0.05) is 10.9 Å². The van der Waals surface area contributed by atoms with E-state index in [0.29, 0.717) is 6.04 Å². The van der Waals surface area contributed by atoms with Crippen molar-refractivity contribution in [3.8, 4) is 0 Å². The lowest BCUT2D eigenvalue weighted by Crippen LogP contribution is -2.20. The van der Waals surface area contributed by atoms with Gasteiger partial charge in [-0.2, -0.15) is 0 Å². The molecule has 0 saturated heterocycles. The fourth-order valence-corrected chi connectivity index (χ4v) is 2.49. The van der Waals surface area contributed by atoms with Crippen LogP contribution in [0.25, 0.3) is 0 Å². The van der Waals surface area contributed by atoms with Crippen molar-refractivity contribution >= 4 is 15.9 Å². The molecule has 0 aliphatic heterocycles. The molecular formula is C10H20BrN. The highest BCUT2D eigenvalue weighted by Crippen LogP contribution is 2.20. The van der Waals surface area contributed by atoms with Gasteiger partial charge in [0.2, 0.25) is 0 Å². The van der Waals surface area contributed by atoms with Gasteiger partial charge in [-0.15, -0.1) is 0 Å². The Morgan fingerprint density at radius 2 is 1.42 bits per heavy atom. The average Bonchev–Trinajstić information content (AvgIpc) is 2.04. The monoisotopic (exact) mass is 233 g/mol. The second kappa shape index (κ2) is 5.98. The Hall–Kier alpha value is 0.440. The van der Waals surface area contributed by atoms with E-state index in [9.17, 15) is 0 Å². The molecule has 2 atom stereocenters. The van der Waals surface area contributed by atoms with Gasteiger partial charge in [-0.25, -0.2) is 0 Å². The molecule has 2 N–H and O–H groups in total. The minimum Gasteiger partial charge on any atom is -0.328 e. The highest BCUT2D eigenvalue weighted by Gasteiger charge is 2.09. The summed E-state index contributed by atoms with van der Waals surface area (Å²) >= 11 is 3.71. The van der Waals surface area contributed by atoms with E-state index in [4.69, 9.17) is 5.73 Å². The quantitative estimate of drug-likeness (QED) is 0.640. The molecule has 0 radical (unpaired) electrons. The molecule has 0 spiro atoms. The predicted octanol–water partition coefficient (Wildman–Crippen LogP) is 3.21. The number of rotatable bonds is 0. The fourth-order valence-electron chi connectivity index (χ4n) is 1.84. The largest absolute Gasteiger partial charge is 0.328 e. The van der Waals surface area contributed by atoms with E-state index in [2.05, 4.69) is 15.9 Å². The first kappa shape index (κ1) is 10.5. The van der Waals surface area contributed by atoms with Gasteiger partial charge >= 0.3 is 0 Å². The number of hydrogen-bond donors (Lipinski definition) is 1. The van der Waals surface area contributed by atoms with E-state index in [-0.39, 0.29) is 0 Å². The smallest absolute Gasteiger partial charge is 0.0145 e. The molecule has 0 aromatic carbocycles. The summed E-state index contributed by atoms with van der Waals surface area (Å²) in [5, 5.41) is 0. The van der Waals surface area contributed by atoms with Crippen molar-refractivity contribution in [1.82, 2.24) is 0 Å². The molecule has 0 aromatic rings. The standard InChI is InChI=1S/C10H20BrN/c11-9-5-2-1-3-7-10(12)8-4-6-9/h9-10H,1-8,12H2. The molecule has 1 rings (SSSR count). The van der Waals surface area contributed by atoms with Crippen LogP contribution in [0.1, 0.15) is 51.4 Å². The zero-order chi connectivity index (χ0) is 8.81. The lowest BCUT2D eigenvalue weighted by Gasteiger charge is -2.16. The van der Waals surface area contributed by atoms with E-state index in [1.54, 1.807) is 0 Å². The third-order valence-electron chi connectivity index (χ3n) is 2.68. The Morgan fingerprint density at radius 3 is 2.25 bits per heavy atom. The predicted molar refractivity (Wildman–Crippen MR) is 57.6 cm³/mol. The molecule has 0 amide bonds. The third kappa shape index (κ3) is 4.46. The van der Waals surface area contributed by atoms with Crippen molar-refractivity contribution in [3.63, 3.8) is 0 Å². The van der Waals surface area contributed by atoms with E-state index >= 15 is 0 Å². The highest BCUT2D eigenvalue weighted by molar-refractivity contribution is 9.09. The summed E-state index contributed by atoms with van der Waals surface area (Å²) in [6, 6.07) is 0.475. The summed E-state index contributed by atoms with van der Waals surface area (Å²) in [5.41, 5.74) is 5.95. The van der Waals surface area contributed by atoms with Crippen LogP contribution in [0.5, 0.6) is 0 Å². The van der Waals surface area contributed by atoms with Crippen LogP contribution in [0.3, 0.4) is 0 Å². The molecule has 0 bridgehead atoms. The minimum absolute atomic E-state index is 0.475. The Bertz CT molecular complexity index is 104. The van der Waals surface area contributed by atoms with Crippen LogP contribution in [0.4, 0.5) is 0 Å². The summed E-state index contributed by atoms with van der Waals surface area (Å²) in [4.78, 5) is 0.753. The Morgan fingerprint density at radius 1 is 0.833 bits per heavy atom. The lowest BCUT2D eigenvalue weighted by atomic mass is 9.98. The molecule has 1 aliphatic rings. The van der Waals surface area contributed by atoms with Gasteiger partial charge in [0.25, 0.3) is 0 Å². The summed E-state index contributed by atoms with van der Waals surface area (Å²) < 4.78 is 0. The summed E-state index contributed by atoms with van der Waals surface area (Å²) in [6.07, 6.45) is 10.5. The molecular weight excluding hydrogens is 214 g/mol. The van der Waals surface area contributed by atoms with Crippen LogP contribution < -0.4 is 5.73 Å². The fraction of sp³-hybridized carbons (Fsp3) is 1.00. The Kier molecular flexibility index (Phi) is 5.24. The van der Waals surface area contributed by atoms with Crippen molar-refractivity contribution in [1.29, 1.82) is 0 Å². The van der Waals surface area contributed by atoms with Crippen LogP contribution >= 0.6 is 15.9 Å². The van der Waals surface area contributed by atoms with Gasteiger partial charge in [-0.3, -0.25) is 0 Å². The van der Waals surface area contributed by atoms with Crippen LogP contribution in [0.2, 0.25) is 0 Å². The second-order valence-corrected chi connectivity index (χ2v) is 5.22. The second-order valence-electron chi connectivity index (χ2n) is 3.93. The number of nitrogens with two attached hydrogens (primary N) is 1. The maximum atomic E-state index is 5.95. The third-order valence-corrected chi connectivity index (χ3v) is 3.60. The van der Waals surface area contributed by atoms with E-state index in [1.165, 1.54) is 51.4 Å².